The summed E-state index contributed by atoms with van der Waals surface area (Å²) in [4.78, 5) is 1.83. The van der Waals surface area contributed by atoms with E-state index in [1.807, 2.05) is 0 Å². The van der Waals surface area contributed by atoms with Gasteiger partial charge in [0.2, 0.25) is 10.0 Å². The van der Waals surface area contributed by atoms with Crippen LogP contribution in [0.15, 0.2) is 11.0 Å². The van der Waals surface area contributed by atoms with Gasteiger partial charge in [0.15, 0.2) is 0 Å². The quantitative estimate of drug-likeness (QED) is 0.931. The molecule has 2 rings (SSSR count). The van der Waals surface area contributed by atoms with Crippen molar-refractivity contribution < 1.29 is 13.5 Å². The van der Waals surface area contributed by atoms with Crippen LogP contribution in [-0.4, -0.2) is 30.9 Å². The Morgan fingerprint density at radius 1 is 1.37 bits per heavy atom. The highest BCUT2D eigenvalue weighted by atomic mass is 32.2. The van der Waals surface area contributed by atoms with Gasteiger partial charge in [-0.15, -0.1) is 11.3 Å². The van der Waals surface area contributed by atoms with E-state index in [0.29, 0.717) is 34.7 Å². The fourth-order valence-electron chi connectivity index (χ4n) is 2.80. The minimum atomic E-state index is -3.42. The first-order valence-electron chi connectivity index (χ1n) is 6.55. The number of rotatable bonds is 3. The second-order valence-electron chi connectivity index (χ2n) is 5.56. The molecule has 1 fully saturated rings. The molecule has 1 aromatic rings. The predicted molar refractivity (Wildman–Crippen MR) is 76.7 cm³/mol. The van der Waals surface area contributed by atoms with Gasteiger partial charge >= 0.3 is 0 Å². The predicted octanol–water partition coefficient (Wildman–Crippen LogP) is 2.22. The minimum absolute atomic E-state index is 0.103. The normalized spacial score (nSPS) is 25.7. The van der Waals surface area contributed by atoms with Crippen molar-refractivity contribution in [2.24, 2.45) is 11.8 Å². The van der Waals surface area contributed by atoms with E-state index in [1.54, 1.807) is 17.3 Å². The highest BCUT2D eigenvalue weighted by Crippen LogP contribution is 2.31. The summed E-state index contributed by atoms with van der Waals surface area (Å²) < 4.78 is 27.0. The van der Waals surface area contributed by atoms with E-state index < -0.39 is 10.0 Å². The van der Waals surface area contributed by atoms with Crippen LogP contribution in [0, 0.1) is 18.8 Å². The standard InChI is InChI=1S/C13H21NO3S2/c1-9-4-10(2)7-14(6-9)19(16,17)13-5-12(8-15)18-11(13)3/h5,9-10,15H,4,6-8H2,1-3H3. The molecule has 1 aliphatic heterocycles. The first kappa shape index (κ1) is 15.0. The molecule has 0 aromatic carbocycles. The Balaban J connectivity index is 2.33. The van der Waals surface area contributed by atoms with Crippen molar-refractivity contribution in [3.8, 4) is 0 Å². The number of aliphatic hydroxyl groups is 1. The van der Waals surface area contributed by atoms with Gasteiger partial charge in [-0.05, 0) is 31.2 Å². The number of aliphatic hydroxyl groups excluding tert-OH is 1. The second-order valence-corrected chi connectivity index (χ2v) is 8.81. The van der Waals surface area contributed by atoms with Crippen LogP contribution in [0.25, 0.3) is 0 Å². The van der Waals surface area contributed by atoms with E-state index in [1.165, 1.54) is 11.3 Å². The maximum absolute atomic E-state index is 12.7. The fraction of sp³-hybridized carbons (Fsp3) is 0.692. The molecule has 2 atom stereocenters. The number of thiophene rings is 1. The van der Waals surface area contributed by atoms with Crippen molar-refractivity contribution in [2.45, 2.75) is 38.7 Å². The molecule has 2 unspecified atom stereocenters. The number of piperidine rings is 1. The molecular formula is C13H21NO3S2. The van der Waals surface area contributed by atoms with Crippen molar-refractivity contribution in [1.82, 2.24) is 4.31 Å². The van der Waals surface area contributed by atoms with E-state index >= 15 is 0 Å². The molecule has 0 amide bonds. The van der Waals surface area contributed by atoms with Gasteiger partial charge in [0.1, 0.15) is 0 Å². The molecular weight excluding hydrogens is 282 g/mol. The Morgan fingerprint density at radius 2 is 1.95 bits per heavy atom. The Morgan fingerprint density at radius 3 is 2.42 bits per heavy atom. The van der Waals surface area contributed by atoms with Crippen LogP contribution < -0.4 is 0 Å². The molecule has 1 saturated heterocycles. The molecule has 1 aliphatic rings. The summed E-state index contributed by atoms with van der Waals surface area (Å²) in [6.07, 6.45) is 1.08. The average molecular weight is 303 g/mol. The summed E-state index contributed by atoms with van der Waals surface area (Å²) in [6, 6.07) is 1.61. The summed E-state index contributed by atoms with van der Waals surface area (Å²) in [5.41, 5.74) is 0. The van der Waals surface area contributed by atoms with Crippen molar-refractivity contribution >= 4 is 21.4 Å². The number of nitrogens with zero attached hydrogens (tertiary/aromatic N) is 1. The zero-order valence-electron chi connectivity index (χ0n) is 11.6. The number of hydrogen-bond donors (Lipinski definition) is 1. The second kappa shape index (κ2) is 5.52. The molecule has 0 bridgehead atoms. The molecule has 0 radical (unpaired) electrons. The van der Waals surface area contributed by atoms with Gasteiger partial charge in [-0.25, -0.2) is 8.42 Å². The molecule has 108 valence electrons. The van der Waals surface area contributed by atoms with Crippen molar-refractivity contribution in [1.29, 1.82) is 0 Å². The van der Waals surface area contributed by atoms with Gasteiger partial charge in [0.05, 0.1) is 11.5 Å². The Labute approximate surface area is 119 Å². The van der Waals surface area contributed by atoms with Crippen LogP contribution in [0.4, 0.5) is 0 Å². The molecule has 0 saturated carbocycles. The Hall–Kier alpha value is -0.430. The number of aryl methyl sites for hydroxylation is 1. The molecule has 6 heteroatoms. The van der Waals surface area contributed by atoms with E-state index in [9.17, 15) is 8.42 Å². The smallest absolute Gasteiger partial charge is 0.244 e. The maximum atomic E-state index is 12.7. The third-order valence-corrected chi connectivity index (χ3v) is 6.65. The third-order valence-electron chi connectivity index (χ3n) is 3.53. The molecule has 19 heavy (non-hydrogen) atoms. The summed E-state index contributed by atoms with van der Waals surface area (Å²) in [6.45, 7) is 7.07. The first-order chi connectivity index (χ1) is 8.84. The van der Waals surface area contributed by atoms with Crippen LogP contribution in [0.5, 0.6) is 0 Å². The third kappa shape index (κ3) is 3.02. The Kier molecular flexibility index (Phi) is 4.35. The van der Waals surface area contributed by atoms with Crippen molar-refractivity contribution in [2.75, 3.05) is 13.1 Å². The lowest BCUT2D eigenvalue weighted by atomic mass is 9.94. The lowest BCUT2D eigenvalue weighted by Crippen LogP contribution is -2.42. The van der Waals surface area contributed by atoms with Crippen LogP contribution >= 0.6 is 11.3 Å². The molecule has 4 nitrogen and oxygen atoms in total. The number of hydrogen-bond acceptors (Lipinski definition) is 4. The zero-order valence-corrected chi connectivity index (χ0v) is 13.2. The van der Waals surface area contributed by atoms with Crippen LogP contribution in [-0.2, 0) is 16.6 Å². The number of sulfonamides is 1. The van der Waals surface area contributed by atoms with Gasteiger partial charge in [-0.3, -0.25) is 0 Å². The highest BCUT2D eigenvalue weighted by molar-refractivity contribution is 7.89. The SMILES string of the molecule is Cc1sc(CO)cc1S(=O)(=O)N1CC(C)CC(C)C1. The van der Waals surface area contributed by atoms with Gasteiger partial charge in [-0.2, -0.15) is 4.31 Å². The first-order valence-corrected chi connectivity index (χ1v) is 8.80. The molecule has 1 aromatic heterocycles. The molecule has 0 spiro atoms. The fourth-order valence-corrected chi connectivity index (χ4v) is 5.94. The summed E-state index contributed by atoms with van der Waals surface area (Å²) in [5.74, 6) is 0.796. The monoisotopic (exact) mass is 303 g/mol. The van der Waals surface area contributed by atoms with Gasteiger partial charge in [-0.1, -0.05) is 13.8 Å². The highest BCUT2D eigenvalue weighted by Gasteiger charge is 2.33. The largest absolute Gasteiger partial charge is 0.391 e. The zero-order chi connectivity index (χ0) is 14.2. The lowest BCUT2D eigenvalue weighted by molar-refractivity contribution is 0.222. The molecule has 1 N–H and O–H groups in total. The maximum Gasteiger partial charge on any atom is 0.244 e. The van der Waals surface area contributed by atoms with Gasteiger partial charge < -0.3 is 5.11 Å². The summed E-state index contributed by atoms with van der Waals surface area (Å²) >= 11 is 1.35. The Bertz CT molecular complexity index is 540. The van der Waals surface area contributed by atoms with Crippen LogP contribution in [0.2, 0.25) is 0 Å². The molecule has 0 aliphatic carbocycles. The minimum Gasteiger partial charge on any atom is -0.391 e. The van der Waals surface area contributed by atoms with E-state index in [2.05, 4.69) is 13.8 Å². The summed E-state index contributed by atoms with van der Waals surface area (Å²) in [7, 11) is -3.42. The van der Waals surface area contributed by atoms with Crippen molar-refractivity contribution in [3.63, 3.8) is 0 Å². The molecule has 2 heterocycles. The summed E-state index contributed by atoms with van der Waals surface area (Å²) in [5, 5.41) is 9.14. The van der Waals surface area contributed by atoms with Crippen LogP contribution in [0.1, 0.15) is 30.0 Å². The van der Waals surface area contributed by atoms with Gasteiger partial charge in [0.25, 0.3) is 0 Å². The van der Waals surface area contributed by atoms with Crippen molar-refractivity contribution in [3.05, 3.63) is 15.8 Å². The van der Waals surface area contributed by atoms with E-state index in [4.69, 9.17) is 5.11 Å². The lowest BCUT2D eigenvalue weighted by Gasteiger charge is -2.34. The topological polar surface area (TPSA) is 57.6 Å². The van der Waals surface area contributed by atoms with E-state index in [-0.39, 0.29) is 6.61 Å². The average Bonchev–Trinajstić information content (AvgIpc) is 2.70. The van der Waals surface area contributed by atoms with E-state index in [0.717, 1.165) is 11.3 Å². The van der Waals surface area contributed by atoms with Gasteiger partial charge in [0, 0.05) is 22.8 Å². The van der Waals surface area contributed by atoms with Crippen LogP contribution in [0.3, 0.4) is 0 Å².